The second kappa shape index (κ2) is 4.36. The topological polar surface area (TPSA) is 20.2 Å². The standard InChI is InChI=1S/C18H12OS/c19-13-10-8-12(9-11-13)14-5-3-6-16-15-4-1-2-7-17(15)20-18(14)16/h1-11,19H. The van der Waals surface area contributed by atoms with Gasteiger partial charge in [-0.25, -0.2) is 0 Å². The molecule has 0 aliphatic heterocycles. The lowest BCUT2D eigenvalue weighted by molar-refractivity contribution is 0.475. The molecule has 1 heterocycles. The molecular formula is C18H12OS. The first-order chi connectivity index (χ1) is 9.83. The molecule has 3 aromatic carbocycles. The van der Waals surface area contributed by atoms with Crippen LogP contribution in [0.15, 0.2) is 66.7 Å². The Morgan fingerprint density at radius 2 is 1.45 bits per heavy atom. The molecule has 0 spiro atoms. The third kappa shape index (κ3) is 1.69. The van der Waals surface area contributed by atoms with E-state index in [4.69, 9.17) is 0 Å². The SMILES string of the molecule is Oc1ccc(-c2cccc3c2sc2ccccc23)cc1. The fourth-order valence-corrected chi connectivity index (χ4v) is 3.85. The smallest absolute Gasteiger partial charge is 0.115 e. The van der Waals surface area contributed by atoms with Crippen molar-refractivity contribution in [1.82, 2.24) is 0 Å². The summed E-state index contributed by atoms with van der Waals surface area (Å²) in [5.41, 5.74) is 2.36. The van der Waals surface area contributed by atoms with E-state index in [-0.39, 0.29) is 0 Å². The first-order valence-corrected chi connectivity index (χ1v) is 7.34. The van der Waals surface area contributed by atoms with Gasteiger partial charge in [0.15, 0.2) is 0 Å². The molecule has 96 valence electrons. The quantitative estimate of drug-likeness (QED) is 0.491. The molecule has 0 fully saturated rings. The normalized spacial score (nSPS) is 11.2. The Morgan fingerprint density at radius 1 is 0.700 bits per heavy atom. The summed E-state index contributed by atoms with van der Waals surface area (Å²) in [5, 5.41) is 12.0. The van der Waals surface area contributed by atoms with E-state index < -0.39 is 0 Å². The summed E-state index contributed by atoms with van der Waals surface area (Å²) in [7, 11) is 0. The van der Waals surface area contributed by atoms with Crippen LogP contribution in [0.2, 0.25) is 0 Å². The molecule has 20 heavy (non-hydrogen) atoms. The zero-order valence-corrected chi connectivity index (χ0v) is 11.5. The number of fused-ring (bicyclic) bond motifs is 3. The van der Waals surface area contributed by atoms with Crippen molar-refractivity contribution in [2.24, 2.45) is 0 Å². The summed E-state index contributed by atoms with van der Waals surface area (Å²) in [5.74, 6) is 0.303. The third-order valence-electron chi connectivity index (χ3n) is 3.58. The molecule has 1 N–H and O–H groups in total. The van der Waals surface area contributed by atoms with Gasteiger partial charge in [-0.15, -0.1) is 11.3 Å². The molecule has 0 saturated carbocycles. The Morgan fingerprint density at radius 3 is 2.30 bits per heavy atom. The van der Waals surface area contributed by atoms with Crippen molar-refractivity contribution in [3.8, 4) is 16.9 Å². The van der Waals surface area contributed by atoms with Crippen molar-refractivity contribution in [1.29, 1.82) is 0 Å². The zero-order valence-electron chi connectivity index (χ0n) is 10.7. The van der Waals surface area contributed by atoms with Crippen molar-refractivity contribution < 1.29 is 5.11 Å². The number of phenols is 1. The number of hydrogen-bond acceptors (Lipinski definition) is 2. The predicted octanol–water partition coefficient (Wildman–Crippen LogP) is 5.43. The van der Waals surface area contributed by atoms with Gasteiger partial charge in [0.25, 0.3) is 0 Å². The Labute approximate surface area is 120 Å². The lowest BCUT2D eigenvalue weighted by Crippen LogP contribution is -1.77. The Kier molecular flexibility index (Phi) is 2.51. The maximum atomic E-state index is 9.43. The van der Waals surface area contributed by atoms with Crippen LogP contribution < -0.4 is 0 Å². The fourth-order valence-electron chi connectivity index (χ4n) is 2.62. The molecule has 0 aliphatic rings. The average molecular weight is 276 g/mol. The van der Waals surface area contributed by atoms with Crippen molar-refractivity contribution in [3.63, 3.8) is 0 Å². The highest BCUT2D eigenvalue weighted by Crippen LogP contribution is 2.39. The molecule has 0 radical (unpaired) electrons. The van der Waals surface area contributed by atoms with E-state index in [1.165, 1.54) is 25.7 Å². The van der Waals surface area contributed by atoms with Crippen LogP contribution in [0, 0.1) is 0 Å². The molecule has 0 atom stereocenters. The minimum Gasteiger partial charge on any atom is -0.508 e. The van der Waals surface area contributed by atoms with Crippen molar-refractivity contribution in [2.45, 2.75) is 0 Å². The Bertz CT molecular complexity index is 904. The summed E-state index contributed by atoms with van der Waals surface area (Å²) in [6.45, 7) is 0. The summed E-state index contributed by atoms with van der Waals surface area (Å²) in [6.07, 6.45) is 0. The lowest BCUT2D eigenvalue weighted by atomic mass is 10.0. The van der Waals surface area contributed by atoms with E-state index >= 15 is 0 Å². The second-order valence-corrected chi connectivity index (χ2v) is 5.88. The Hall–Kier alpha value is -2.32. The molecule has 0 saturated heterocycles. The van der Waals surface area contributed by atoms with Gasteiger partial charge in [-0.3, -0.25) is 0 Å². The van der Waals surface area contributed by atoms with Crippen LogP contribution >= 0.6 is 11.3 Å². The summed E-state index contributed by atoms with van der Waals surface area (Å²) >= 11 is 1.82. The van der Waals surface area contributed by atoms with E-state index in [0.717, 1.165) is 5.56 Å². The average Bonchev–Trinajstić information content (AvgIpc) is 2.87. The Balaban J connectivity index is 2.07. The minimum absolute atomic E-state index is 0.303. The van der Waals surface area contributed by atoms with Crippen LogP contribution in [0.1, 0.15) is 0 Å². The number of phenolic OH excluding ortho intramolecular Hbond substituents is 1. The van der Waals surface area contributed by atoms with Crippen LogP contribution in [-0.4, -0.2) is 5.11 Å². The van der Waals surface area contributed by atoms with E-state index in [0.29, 0.717) is 5.75 Å². The van der Waals surface area contributed by atoms with Gasteiger partial charge in [0.2, 0.25) is 0 Å². The van der Waals surface area contributed by atoms with Crippen molar-refractivity contribution >= 4 is 31.5 Å². The molecule has 4 rings (SSSR count). The van der Waals surface area contributed by atoms with Crippen molar-refractivity contribution in [2.75, 3.05) is 0 Å². The minimum atomic E-state index is 0.303. The number of rotatable bonds is 1. The fraction of sp³-hybridized carbons (Fsp3) is 0. The van der Waals surface area contributed by atoms with E-state index in [1.807, 2.05) is 23.5 Å². The molecule has 0 unspecified atom stereocenters. The number of aromatic hydroxyl groups is 1. The van der Waals surface area contributed by atoms with Crippen LogP contribution in [0.25, 0.3) is 31.3 Å². The molecule has 1 aromatic heterocycles. The van der Waals surface area contributed by atoms with Gasteiger partial charge >= 0.3 is 0 Å². The lowest BCUT2D eigenvalue weighted by Gasteiger charge is -2.03. The first-order valence-electron chi connectivity index (χ1n) is 6.52. The molecule has 4 aromatic rings. The van der Waals surface area contributed by atoms with E-state index in [1.54, 1.807) is 12.1 Å². The first kappa shape index (κ1) is 11.5. The highest BCUT2D eigenvalue weighted by atomic mass is 32.1. The van der Waals surface area contributed by atoms with Gasteiger partial charge in [-0.2, -0.15) is 0 Å². The number of hydrogen-bond donors (Lipinski definition) is 1. The van der Waals surface area contributed by atoms with E-state index in [2.05, 4.69) is 42.5 Å². The molecular weight excluding hydrogens is 264 g/mol. The highest BCUT2D eigenvalue weighted by molar-refractivity contribution is 7.26. The van der Waals surface area contributed by atoms with Crippen LogP contribution in [-0.2, 0) is 0 Å². The number of thiophene rings is 1. The molecule has 1 nitrogen and oxygen atoms in total. The van der Waals surface area contributed by atoms with Gasteiger partial charge < -0.3 is 5.11 Å². The van der Waals surface area contributed by atoms with Gasteiger partial charge in [-0.05, 0) is 29.3 Å². The monoisotopic (exact) mass is 276 g/mol. The molecule has 2 heteroatoms. The van der Waals surface area contributed by atoms with Gasteiger partial charge in [0.1, 0.15) is 5.75 Å². The predicted molar refractivity (Wildman–Crippen MR) is 86.4 cm³/mol. The largest absolute Gasteiger partial charge is 0.508 e. The zero-order chi connectivity index (χ0) is 13.5. The maximum Gasteiger partial charge on any atom is 0.115 e. The molecule has 0 aliphatic carbocycles. The second-order valence-electron chi connectivity index (χ2n) is 4.83. The summed E-state index contributed by atoms with van der Waals surface area (Å²) < 4.78 is 2.62. The van der Waals surface area contributed by atoms with Crippen LogP contribution in [0.5, 0.6) is 5.75 Å². The van der Waals surface area contributed by atoms with Gasteiger partial charge in [-0.1, -0.05) is 48.5 Å². The maximum absolute atomic E-state index is 9.43. The third-order valence-corrected chi connectivity index (χ3v) is 4.80. The van der Waals surface area contributed by atoms with Gasteiger partial charge in [0.05, 0.1) is 0 Å². The molecule has 0 amide bonds. The van der Waals surface area contributed by atoms with E-state index in [9.17, 15) is 5.11 Å². The van der Waals surface area contributed by atoms with Crippen LogP contribution in [0.4, 0.5) is 0 Å². The van der Waals surface area contributed by atoms with Crippen molar-refractivity contribution in [3.05, 3.63) is 66.7 Å². The summed E-state index contributed by atoms with van der Waals surface area (Å²) in [6, 6.07) is 22.3. The van der Waals surface area contributed by atoms with Crippen LogP contribution in [0.3, 0.4) is 0 Å². The molecule has 0 bridgehead atoms. The highest BCUT2D eigenvalue weighted by Gasteiger charge is 2.09. The number of benzene rings is 3. The van der Waals surface area contributed by atoms with Gasteiger partial charge in [0, 0.05) is 20.2 Å². The summed E-state index contributed by atoms with van der Waals surface area (Å²) in [4.78, 5) is 0.